The van der Waals surface area contributed by atoms with Gasteiger partial charge < -0.3 is 19.9 Å². The van der Waals surface area contributed by atoms with Gasteiger partial charge in [-0.15, -0.1) is 0 Å². The molecular formula is C22H35N3O2. The highest BCUT2D eigenvalue weighted by Gasteiger charge is 2.23. The van der Waals surface area contributed by atoms with E-state index in [1.165, 1.54) is 24.2 Å². The third-order valence-corrected chi connectivity index (χ3v) is 6.11. The van der Waals surface area contributed by atoms with E-state index in [1.54, 1.807) is 7.11 Å². The van der Waals surface area contributed by atoms with E-state index < -0.39 is 0 Å². The maximum atomic E-state index is 12.4. The van der Waals surface area contributed by atoms with Crippen LogP contribution in [0.15, 0.2) is 18.2 Å². The molecule has 5 nitrogen and oxygen atoms in total. The largest absolute Gasteiger partial charge is 0.497 e. The molecule has 3 rings (SSSR count). The molecule has 5 heteroatoms. The molecule has 0 bridgehead atoms. The highest BCUT2D eigenvalue weighted by molar-refractivity contribution is 5.77. The van der Waals surface area contributed by atoms with Gasteiger partial charge in [0, 0.05) is 39.1 Å². The lowest BCUT2D eigenvalue weighted by Gasteiger charge is -2.34. The Morgan fingerprint density at radius 2 is 2.00 bits per heavy atom. The Morgan fingerprint density at radius 1 is 1.22 bits per heavy atom. The minimum Gasteiger partial charge on any atom is -0.497 e. The number of hydrogen-bond donors (Lipinski definition) is 1. The predicted octanol–water partition coefficient (Wildman–Crippen LogP) is 2.65. The second-order valence-electron chi connectivity index (χ2n) is 7.84. The average molecular weight is 374 g/mol. The van der Waals surface area contributed by atoms with Crippen LogP contribution in [-0.2, 0) is 11.2 Å². The molecular weight excluding hydrogens is 338 g/mol. The molecule has 0 saturated carbocycles. The second-order valence-corrected chi connectivity index (χ2v) is 7.84. The number of methoxy groups -OCH3 is 1. The first-order valence-corrected chi connectivity index (χ1v) is 10.6. The van der Waals surface area contributed by atoms with Gasteiger partial charge in [-0.05, 0) is 68.0 Å². The van der Waals surface area contributed by atoms with Crippen molar-refractivity contribution in [3.8, 4) is 5.75 Å². The molecule has 1 unspecified atom stereocenters. The molecule has 1 aliphatic carbocycles. The Labute approximate surface area is 164 Å². The van der Waals surface area contributed by atoms with Crippen LogP contribution in [-0.4, -0.2) is 68.6 Å². The molecule has 1 heterocycles. The highest BCUT2D eigenvalue weighted by Crippen LogP contribution is 2.35. The number of piperazine rings is 1. The topological polar surface area (TPSA) is 44.8 Å². The molecule has 27 heavy (non-hydrogen) atoms. The molecule has 1 saturated heterocycles. The van der Waals surface area contributed by atoms with Crippen LogP contribution in [0, 0.1) is 0 Å². The van der Waals surface area contributed by atoms with Gasteiger partial charge >= 0.3 is 0 Å². The van der Waals surface area contributed by atoms with E-state index in [0.29, 0.717) is 12.3 Å². The van der Waals surface area contributed by atoms with E-state index in [0.717, 1.165) is 64.2 Å². The average Bonchev–Trinajstić information content (AvgIpc) is 2.71. The molecule has 1 amide bonds. The number of fused-ring (bicyclic) bond motifs is 1. The van der Waals surface area contributed by atoms with E-state index in [2.05, 4.69) is 34.2 Å². The third kappa shape index (κ3) is 5.69. The van der Waals surface area contributed by atoms with Gasteiger partial charge in [0.05, 0.1) is 7.11 Å². The lowest BCUT2D eigenvalue weighted by atomic mass is 9.81. The SMILES string of the molecule is CCN1CCN(CCCNC(=O)CC2CCCc3cc(OC)ccc32)CC1. The van der Waals surface area contributed by atoms with Crippen LogP contribution in [0.3, 0.4) is 0 Å². The molecule has 1 fully saturated rings. The van der Waals surface area contributed by atoms with Gasteiger partial charge in [0.2, 0.25) is 5.91 Å². The van der Waals surface area contributed by atoms with E-state index in [-0.39, 0.29) is 5.91 Å². The summed E-state index contributed by atoms with van der Waals surface area (Å²) in [6, 6.07) is 6.31. The molecule has 1 aromatic carbocycles. The standard InChI is InChI=1S/C22H35N3O2/c1-3-24-12-14-25(15-13-24)11-5-10-23-22(26)17-19-7-4-6-18-16-20(27-2)8-9-21(18)19/h8-9,16,19H,3-7,10-15,17H2,1-2H3,(H,23,26). The number of aryl methyl sites for hydroxylation is 1. The van der Waals surface area contributed by atoms with Crippen LogP contribution < -0.4 is 10.1 Å². The van der Waals surface area contributed by atoms with Gasteiger partial charge in [0.1, 0.15) is 5.75 Å². The molecule has 1 atom stereocenters. The van der Waals surface area contributed by atoms with E-state index in [1.807, 2.05) is 6.07 Å². The summed E-state index contributed by atoms with van der Waals surface area (Å²) < 4.78 is 5.34. The van der Waals surface area contributed by atoms with Crippen LogP contribution in [0.25, 0.3) is 0 Å². The minimum atomic E-state index is 0.194. The Kier molecular flexibility index (Phi) is 7.53. The lowest BCUT2D eigenvalue weighted by molar-refractivity contribution is -0.121. The zero-order chi connectivity index (χ0) is 19.1. The number of hydrogen-bond acceptors (Lipinski definition) is 4. The van der Waals surface area contributed by atoms with Crippen molar-refractivity contribution >= 4 is 5.91 Å². The van der Waals surface area contributed by atoms with Gasteiger partial charge in [0.15, 0.2) is 0 Å². The Morgan fingerprint density at radius 3 is 2.74 bits per heavy atom. The Bertz CT molecular complexity index is 612. The zero-order valence-electron chi connectivity index (χ0n) is 17.0. The van der Waals surface area contributed by atoms with Crippen molar-refractivity contribution in [2.75, 3.05) is 52.9 Å². The maximum Gasteiger partial charge on any atom is 0.220 e. The summed E-state index contributed by atoms with van der Waals surface area (Å²) in [7, 11) is 1.71. The summed E-state index contributed by atoms with van der Waals surface area (Å²) >= 11 is 0. The van der Waals surface area contributed by atoms with Crippen LogP contribution in [0.4, 0.5) is 0 Å². The number of ether oxygens (including phenoxy) is 1. The van der Waals surface area contributed by atoms with Gasteiger partial charge in [-0.25, -0.2) is 0 Å². The number of benzene rings is 1. The van der Waals surface area contributed by atoms with Crippen molar-refractivity contribution in [3.05, 3.63) is 29.3 Å². The first-order chi connectivity index (χ1) is 13.2. The van der Waals surface area contributed by atoms with Crippen LogP contribution in [0.2, 0.25) is 0 Å². The van der Waals surface area contributed by atoms with Crippen molar-refractivity contribution in [3.63, 3.8) is 0 Å². The molecule has 1 aliphatic heterocycles. The van der Waals surface area contributed by atoms with Crippen molar-refractivity contribution in [1.29, 1.82) is 0 Å². The molecule has 150 valence electrons. The fourth-order valence-corrected chi connectivity index (χ4v) is 4.39. The summed E-state index contributed by atoms with van der Waals surface area (Å²) in [6.45, 7) is 9.92. The first-order valence-electron chi connectivity index (χ1n) is 10.6. The summed E-state index contributed by atoms with van der Waals surface area (Å²) in [4.78, 5) is 17.4. The van der Waals surface area contributed by atoms with Crippen LogP contribution in [0.5, 0.6) is 5.75 Å². The minimum absolute atomic E-state index is 0.194. The highest BCUT2D eigenvalue weighted by atomic mass is 16.5. The van der Waals surface area contributed by atoms with E-state index >= 15 is 0 Å². The van der Waals surface area contributed by atoms with Crippen molar-refractivity contribution in [2.45, 2.75) is 44.9 Å². The van der Waals surface area contributed by atoms with Crippen molar-refractivity contribution in [1.82, 2.24) is 15.1 Å². The predicted molar refractivity (Wildman–Crippen MR) is 109 cm³/mol. The number of carbonyl (C=O) groups is 1. The number of nitrogens with one attached hydrogen (secondary N) is 1. The van der Waals surface area contributed by atoms with E-state index in [9.17, 15) is 4.79 Å². The van der Waals surface area contributed by atoms with Gasteiger partial charge in [-0.3, -0.25) is 4.79 Å². The third-order valence-electron chi connectivity index (χ3n) is 6.11. The number of nitrogens with zero attached hydrogens (tertiary/aromatic N) is 2. The number of likely N-dealkylation sites (N-methyl/N-ethyl adjacent to an activating group) is 1. The Balaban J connectivity index is 1.38. The monoisotopic (exact) mass is 373 g/mol. The van der Waals surface area contributed by atoms with Gasteiger partial charge in [-0.2, -0.15) is 0 Å². The molecule has 0 aromatic heterocycles. The molecule has 0 spiro atoms. The molecule has 1 N–H and O–H groups in total. The summed E-state index contributed by atoms with van der Waals surface area (Å²) in [6.07, 6.45) is 5.00. The van der Waals surface area contributed by atoms with Crippen LogP contribution in [0.1, 0.15) is 49.7 Å². The molecule has 2 aliphatic rings. The molecule has 1 aromatic rings. The number of amides is 1. The zero-order valence-corrected chi connectivity index (χ0v) is 17.0. The normalized spacial score (nSPS) is 20.9. The first kappa shape index (κ1) is 20.2. The van der Waals surface area contributed by atoms with Gasteiger partial charge in [-0.1, -0.05) is 13.0 Å². The molecule has 0 radical (unpaired) electrons. The quantitative estimate of drug-likeness (QED) is 0.712. The summed E-state index contributed by atoms with van der Waals surface area (Å²) in [5.41, 5.74) is 2.69. The summed E-state index contributed by atoms with van der Waals surface area (Å²) in [5.74, 6) is 1.46. The summed E-state index contributed by atoms with van der Waals surface area (Å²) in [5, 5.41) is 3.14. The van der Waals surface area contributed by atoms with E-state index in [4.69, 9.17) is 4.74 Å². The van der Waals surface area contributed by atoms with Crippen molar-refractivity contribution < 1.29 is 9.53 Å². The van der Waals surface area contributed by atoms with Gasteiger partial charge in [0.25, 0.3) is 0 Å². The second kappa shape index (κ2) is 10.1. The number of carbonyl (C=O) groups excluding carboxylic acids is 1. The lowest BCUT2D eigenvalue weighted by Crippen LogP contribution is -2.46. The maximum absolute atomic E-state index is 12.4. The number of rotatable bonds is 8. The van der Waals surface area contributed by atoms with Crippen LogP contribution >= 0.6 is 0 Å². The fraction of sp³-hybridized carbons (Fsp3) is 0.682. The Hall–Kier alpha value is -1.59. The smallest absolute Gasteiger partial charge is 0.220 e. The fourth-order valence-electron chi connectivity index (χ4n) is 4.39. The van der Waals surface area contributed by atoms with Crippen molar-refractivity contribution in [2.24, 2.45) is 0 Å².